The lowest BCUT2D eigenvalue weighted by Crippen LogP contribution is -2.42. The van der Waals surface area contributed by atoms with E-state index >= 15 is 0 Å². The molecule has 112 valence electrons. The molecule has 1 aliphatic rings. The molecular weight excluding hydrogens is 348 g/mol. The lowest BCUT2D eigenvalue weighted by Gasteiger charge is -2.24. The molecule has 0 unspecified atom stereocenters. The Morgan fingerprint density at radius 1 is 1.23 bits per heavy atom. The zero-order valence-corrected chi connectivity index (χ0v) is 13.1. The van der Waals surface area contributed by atoms with Gasteiger partial charge in [-0.25, -0.2) is 5.43 Å². The average molecular weight is 361 g/mol. The Labute approximate surface area is 136 Å². The summed E-state index contributed by atoms with van der Waals surface area (Å²) in [7, 11) is 0. The van der Waals surface area contributed by atoms with Crippen LogP contribution < -0.4 is 14.9 Å². The molecule has 0 saturated carbocycles. The minimum Gasteiger partial charge on any atom is -0.485 e. The van der Waals surface area contributed by atoms with Gasteiger partial charge >= 0.3 is 0 Å². The molecule has 6 heteroatoms. The van der Waals surface area contributed by atoms with Crippen molar-refractivity contribution in [1.82, 2.24) is 5.43 Å². The van der Waals surface area contributed by atoms with Crippen LogP contribution in [0.5, 0.6) is 11.5 Å². The van der Waals surface area contributed by atoms with Crippen molar-refractivity contribution in [1.29, 1.82) is 0 Å². The predicted octanol–water partition coefficient (Wildman–Crippen LogP) is 2.74. The van der Waals surface area contributed by atoms with Gasteiger partial charge in [0.15, 0.2) is 11.5 Å². The zero-order valence-electron chi connectivity index (χ0n) is 11.5. The summed E-state index contributed by atoms with van der Waals surface area (Å²) < 4.78 is 12.0. The first-order valence-electron chi connectivity index (χ1n) is 6.69. The Balaban J connectivity index is 1.59. The quantitative estimate of drug-likeness (QED) is 0.676. The van der Waals surface area contributed by atoms with E-state index in [2.05, 4.69) is 26.5 Å². The minimum absolute atomic E-state index is 0.162. The van der Waals surface area contributed by atoms with Crippen molar-refractivity contribution in [2.24, 2.45) is 5.10 Å². The molecule has 0 radical (unpaired) electrons. The van der Waals surface area contributed by atoms with Crippen LogP contribution in [0.25, 0.3) is 0 Å². The predicted molar refractivity (Wildman–Crippen MR) is 86.2 cm³/mol. The highest BCUT2D eigenvalue weighted by atomic mass is 79.9. The van der Waals surface area contributed by atoms with E-state index in [0.717, 1.165) is 10.0 Å². The maximum Gasteiger partial charge on any atom is 0.284 e. The Morgan fingerprint density at radius 3 is 2.86 bits per heavy atom. The molecule has 1 aliphatic heterocycles. The van der Waals surface area contributed by atoms with Gasteiger partial charge in [-0.1, -0.05) is 40.2 Å². The van der Waals surface area contributed by atoms with Crippen LogP contribution in [0.3, 0.4) is 0 Å². The van der Waals surface area contributed by atoms with Gasteiger partial charge in [-0.2, -0.15) is 5.10 Å². The first-order valence-corrected chi connectivity index (χ1v) is 7.48. The monoisotopic (exact) mass is 360 g/mol. The number of ether oxygens (including phenoxy) is 2. The lowest BCUT2D eigenvalue weighted by atomic mass is 10.2. The second-order valence-corrected chi connectivity index (χ2v) is 5.57. The Hall–Kier alpha value is -2.34. The SMILES string of the molecule is O=C(NN=Cc1cccc(Br)c1)[C@@H]1COc2ccccc2O1. The number of fused-ring (bicyclic) bond motifs is 1. The van der Waals surface area contributed by atoms with Gasteiger partial charge in [-0.05, 0) is 29.8 Å². The van der Waals surface area contributed by atoms with E-state index in [9.17, 15) is 4.79 Å². The Bertz CT molecular complexity index is 718. The number of hydrogen-bond donors (Lipinski definition) is 1. The summed E-state index contributed by atoms with van der Waals surface area (Å²) in [4.78, 5) is 12.0. The van der Waals surface area contributed by atoms with Crippen molar-refractivity contribution in [2.75, 3.05) is 6.61 Å². The number of carbonyl (C=O) groups excluding carboxylic acids is 1. The van der Waals surface area contributed by atoms with Crippen molar-refractivity contribution in [3.63, 3.8) is 0 Å². The molecule has 5 nitrogen and oxygen atoms in total. The van der Waals surface area contributed by atoms with Crippen molar-refractivity contribution >= 4 is 28.1 Å². The normalized spacial score (nSPS) is 16.5. The van der Waals surface area contributed by atoms with Crippen molar-refractivity contribution in [3.05, 3.63) is 58.6 Å². The van der Waals surface area contributed by atoms with Crippen LogP contribution in [-0.4, -0.2) is 24.8 Å². The van der Waals surface area contributed by atoms with Crippen LogP contribution >= 0.6 is 15.9 Å². The number of hydrazone groups is 1. The van der Waals surface area contributed by atoms with E-state index in [4.69, 9.17) is 9.47 Å². The van der Waals surface area contributed by atoms with E-state index in [-0.39, 0.29) is 12.5 Å². The number of para-hydroxylation sites is 2. The number of nitrogens with zero attached hydrogens (tertiary/aromatic N) is 1. The van der Waals surface area contributed by atoms with Gasteiger partial charge < -0.3 is 9.47 Å². The highest BCUT2D eigenvalue weighted by molar-refractivity contribution is 9.10. The first-order chi connectivity index (χ1) is 10.7. The van der Waals surface area contributed by atoms with E-state index in [1.165, 1.54) is 0 Å². The van der Waals surface area contributed by atoms with Crippen LogP contribution in [0.4, 0.5) is 0 Å². The van der Waals surface area contributed by atoms with Crippen molar-refractivity contribution < 1.29 is 14.3 Å². The van der Waals surface area contributed by atoms with Gasteiger partial charge in [0.2, 0.25) is 6.10 Å². The number of carbonyl (C=O) groups is 1. The molecule has 1 amide bonds. The highest BCUT2D eigenvalue weighted by Crippen LogP contribution is 2.30. The summed E-state index contributed by atoms with van der Waals surface area (Å²) in [5.41, 5.74) is 3.34. The second-order valence-electron chi connectivity index (χ2n) is 4.65. The number of halogens is 1. The van der Waals surface area contributed by atoms with E-state index in [0.29, 0.717) is 11.5 Å². The maximum absolute atomic E-state index is 12.0. The molecule has 2 aromatic carbocycles. The number of amides is 1. The lowest BCUT2D eigenvalue weighted by molar-refractivity contribution is -0.130. The molecular formula is C16H13BrN2O3. The van der Waals surface area contributed by atoms with Gasteiger partial charge in [-0.3, -0.25) is 4.79 Å². The van der Waals surface area contributed by atoms with Gasteiger partial charge in [0.25, 0.3) is 5.91 Å². The van der Waals surface area contributed by atoms with Crippen molar-refractivity contribution in [2.45, 2.75) is 6.10 Å². The summed E-state index contributed by atoms with van der Waals surface area (Å²) in [5, 5.41) is 3.93. The molecule has 0 aliphatic carbocycles. The molecule has 3 rings (SSSR count). The average Bonchev–Trinajstić information content (AvgIpc) is 2.54. The zero-order chi connectivity index (χ0) is 15.4. The van der Waals surface area contributed by atoms with Crippen LogP contribution in [0.15, 0.2) is 58.1 Å². The standard InChI is InChI=1S/C16H13BrN2O3/c17-12-5-3-4-11(8-12)9-18-19-16(20)15-10-21-13-6-1-2-7-14(13)22-15/h1-9,15H,10H2,(H,19,20)/t15-/m0/s1. The number of hydrogen-bond acceptors (Lipinski definition) is 4. The summed E-state index contributed by atoms with van der Waals surface area (Å²) in [6.45, 7) is 0.162. The third kappa shape index (κ3) is 3.46. The van der Waals surface area contributed by atoms with Gasteiger partial charge in [0, 0.05) is 4.47 Å². The van der Waals surface area contributed by atoms with Crippen LogP contribution in [0.1, 0.15) is 5.56 Å². The molecule has 0 spiro atoms. The van der Waals surface area contributed by atoms with Gasteiger partial charge in [0.1, 0.15) is 6.61 Å². The molecule has 0 saturated heterocycles. The minimum atomic E-state index is -0.713. The molecule has 0 aromatic heterocycles. The van der Waals surface area contributed by atoms with E-state index in [1.54, 1.807) is 18.3 Å². The third-order valence-corrected chi connectivity index (χ3v) is 3.53. The van der Waals surface area contributed by atoms with Crippen LogP contribution in [0.2, 0.25) is 0 Å². The topological polar surface area (TPSA) is 59.9 Å². The number of benzene rings is 2. The van der Waals surface area contributed by atoms with Crippen LogP contribution in [0, 0.1) is 0 Å². The van der Waals surface area contributed by atoms with Crippen molar-refractivity contribution in [3.8, 4) is 11.5 Å². The highest BCUT2D eigenvalue weighted by Gasteiger charge is 2.26. The van der Waals surface area contributed by atoms with Crippen LogP contribution in [-0.2, 0) is 4.79 Å². The summed E-state index contributed by atoms with van der Waals surface area (Å²) >= 11 is 3.38. The number of nitrogens with one attached hydrogen (secondary N) is 1. The molecule has 1 N–H and O–H groups in total. The van der Waals surface area contributed by atoms with Gasteiger partial charge in [0.05, 0.1) is 6.21 Å². The van der Waals surface area contributed by atoms with Gasteiger partial charge in [-0.15, -0.1) is 0 Å². The Kier molecular flexibility index (Phi) is 4.39. The summed E-state index contributed by atoms with van der Waals surface area (Å²) in [5.74, 6) is 0.856. The molecule has 0 bridgehead atoms. The third-order valence-electron chi connectivity index (χ3n) is 3.04. The second kappa shape index (κ2) is 6.62. The summed E-state index contributed by atoms with van der Waals surface area (Å²) in [6, 6.07) is 14.8. The fourth-order valence-corrected chi connectivity index (χ4v) is 2.39. The molecule has 1 atom stereocenters. The first kappa shape index (κ1) is 14.6. The van der Waals surface area contributed by atoms with E-state index in [1.807, 2.05) is 36.4 Å². The molecule has 0 fully saturated rings. The fourth-order valence-electron chi connectivity index (χ4n) is 1.98. The molecule has 22 heavy (non-hydrogen) atoms. The maximum atomic E-state index is 12.0. The number of rotatable bonds is 3. The largest absolute Gasteiger partial charge is 0.485 e. The van der Waals surface area contributed by atoms with E-state index < -0.39 is 6.10 Å². The molecule has 1 heterocycles. The Morgan fingerprint density at radius 2 is 2.05 bits per heavy atom. The summed E-state index contributed by atoms with van der Waals surface area (Å²) in [6.07, 6.45) is 0.856. The smallest absolute Gasteiger partial charge is 0.284 e. The fraction of sp³-hybridized carbons (Fsp3) is 0.125. The molecule has 2 aromatic rings.